The Morgan fingerprint density at radius 2 is 1.61 bits per heavy atom. The first-order valence-corrected chi connectivity index (χ1v) is 8.28. The summed E-state index contributed by atoms with van der Waals surface area (Å²) in [5, 5.41) is 2.63. The third-order valence-corrected chi connectivity index (χ3v) is 4.65. The lowest BCUT2D eigenvalue weighted by atomic mass is 9.85. The van der Waals surface area contributed by atoms with Gasteiger partial charge in [0.1, 0.15) is 7.05 Å². The molecule has 1 nitrogen and oxygen atoms in total. The molecule has 0 N–H and O–H groups in total. The summed E-state index contributed by atoms with van der Waals surface area (Å²) in [7, 11) is 2.13. The van der Waals surface area contributed by atoms with Crippen LogP contribution in [0.5, 0.6) is 0 Å². The van der Waals surface area contributed by atoms with Crippen molar-refractivity contribution in [3.05, 3.63) is 65.4 Å². The van der Waals surface area contributed by atoms with Gasteiger partial charge in [0.25, 0.3) is 0 Å². The average molecular weight is 304 g/mol. The van der Waals surface area contributed by atoms with Crippen LogP contribution in [-0.4, -0.2) is 0 Å². The summed E-state index contributed by atoms with van der Waals surface area (Å²) in [6.07, 6.45) is 2.17. The van der Waals surface area contributed by atoms with Gasteiger partial charge in [0.15, 0.2) is 6.20 Å². The van der Waals surface area contributed by atoms with Gasteiger partial charge in [-0.3, -0.25) is 0 Å². The maximum atomic E-state index is 2.34. The zero-order chi connectivity index (χ0) is 16.8. The van der Waals surface area contributed by atoms with E-state index in [4.69, 9.17) is 0 Å². The Morgan fingerprint density at radius 3 is 2.30 bits per heavy atom. The highest BCUT2D eigenvalue weighted by molar-refractivity contribution is 5.94. The van der Waals surface area contributed by atoms with Crippen LogP contribution in [0.25, 0.3) is 22.0 Å². The number of hydrogen-bond donors (Lipinski definition) is 0. The van der Waals surface area contributed by atoms with Gasteiger partial charge in [0, 0.05) is 11.6 Å². The molecular formula is C22H26N+. The molecule has 3 aromatic rings. The van der Waals surface area contributed by atoms with Crippen molar-refractivity contribution in [2.75, 3.05) is 0 Å². The Hall–Kier alpha value is -2.15. The number of hydrogen-bond acceptors (Lipinski definition) is 0. The quantitative estimate of drug-likeness (QED) is 0.541. The van der Waals surface area contributed by atoms with Gasteiger partial charge in [-0.15, -0.1) is 0 Å². The zero-order valence-electron chi connectivity index (χ0n) is 15.1. The monoisotopic (exact) mass is 304 g/mol. The van der Waals surface area contributed by atoms with Crippen LogP contribution in [0.2, 0.25) is 0 Å². The van der Waals surface area contributed by atoms with Crippen molar-refractivity contribution >= 4 is 10.8 Å². The molecule has 0 saturated carbocycles. The summed E-state index contributed by atoms with van der Waals surface area (Å²) in [4.78, 5) is 0. The minimum atomic E-state index is 0.172. The van der Waals surface area contributed by atoms with E-state index in [0.29, 0.717) is 0 Å². The van der Waals surface area contributed by atoms with Crippen molar-refractivity contribution in [3.63, 3.8) is 0 Å². The molecule has 3 rings (SSSR count). The summed E-state index contributed by atoms with van der Waals surface area (Å²) < 4.78 is 2.24. The zero-order valence-corrected chi connectivity index (χ0v) is 15.1. The first kappa shape index (κ1) is 15.7. The highest BCUT2D eigenvalue weighted by Crippen LogP contribution is 2.31. The maximum absolute atomic E-state index is 2.34. The molecule has 0 fully saturated rings. The van der Waals surface area contributed by atoms with E-state index >= 15 is 0 Å². The van der Waals surface area contributed by atoms with Crippen LogP contribution in [0.15, 0.2) is 48.7 Å². The van der Waals surface area contributed by atoms with E-state index in [1.54, 1.807) is 0 Å². The molecule has 2 aromatic carbocycles. The minimum absolute atomic E-state index is 0.172. The van der Waals surface area contributed by atoms with Gasteiger partial charge in [0.05, 0.1) is 5.39 Å². The van der Waals surface area contributed by atoms with Crippen molar-refractivity contribution < 1.29 is 4.57 Å². The van der Waals surface area contributed by atoms with Crippen LogP contribution in [0.1, 0.15) is 37.5 Å². The molecule has 1 aromatic heterocycles. The number of fused-ring (bicyclic) bond motifs is 1. The van der Waals surface area contributed by atoms with Crippen LogP contribution in [0.3, 0.4) is 0 Å². The lowest BCUT2D eigenvalue weighted by Crippen LogP contribution is -2.30. The van der Waals surface area contributed by atoms with Crippen molar-refractivity contribution in [1.82, 2.24) is 0 Å². The summed E-state index contributed by atoms with van der Waals surface area (Å²) in [6, 6.07) is 15.8. The van der Waals surface area contributed by atoms with Gasteiger partial charge in [-0.1, -0.05) is 50.6 Å². The number of rotatable bonds is 1. The van der Waals surface area contributed by atoms with Crippen LogP contribution in [-0.2, 0) is 12.5 Å². The Kier molecular flexibility index (Phi) is 3.75. The highest BCUT2D eigenvalue weighted by Gasteiger charge is 2.19. The van der Waals surface area contributed by atoms with E-state index in [0.717, 1.165) is 0 Å². The van der Waals surface area contributed by atoms with Crippen molar-refractivity contribution in [3.8, 4) is 11.3 Å². The number of pyridine rings is 1. The Labute approximate surface area is 139 Å². The van der Waals surface area contributed by atoms with Crippen molar-refractivity contribution in [2.45, 2.75) is 40.0 Å². The summed E-state index contributed by atoms with van der Waals surface area (Å²) in [5.74, 6) is 0. The molecule has 0 aliphatic heterocycles. The fourth-order valence-corrected chi connectivity index (χ4v) is 3.17. The van der Waals surface area contributed by atoms with E-state index in [-0.39, 0.29) is 5.41 Å². The second-order valence-electron chi connectivity index (χ2n) is 7.65. The second kappa shape index (κ2) is 5.49. The third-order valence-electron chi connectivity index (χ3n) is 4.65. The Bertz CT molecular complexity index is 882. The second-order valence-corrected chi connectivity index (χ2v) is 7.65. The summed E-state index contributed by atoms with van der Waals surface area (Å²) >= 11 is 0. The average Bonchev–Trinajstić information content (AvgIpc) is 2.48. The maximum Gasteiger partial charge on any atom is 0.220 e. The normalized spacial score (nSPS) is 11.9. The lowest BCUT2D eigenvalue weighted by molar-refractivity contribution is -0.659. The van der Waals surface area contributed by atoms with Crippen LogP contribution >= 0.6 is 0 Å². The fraction of sp³-hybridized carbons (Fsp3) is 0.318. The van der Waals surface area contributed by atoms with Gasteiger partial charge in [-0.05, 0) is 47.9 Å². The van der Waals surface area contributed by atoms with E-state index in [1.807, 2.05) is 0 Å². The van der Waals surface area contributed by atoms with Gasteiger partial charge in [-0.25, -0.2) is 4.57 Å². The molecule has 0 unspecified atom stereocenters. The molecule has 0 spiro atoms. The van der Waals surface area contributed by atoms with E-state index < -0.39 is 0 Å². The smallest absolute Gasteiger partial charge is 0.200 e. The highest BCUT2D eigenvalue weighted by atomic mass is 14.9. The predicted molar refractivity (Wildman–Crippen MR) is 98.7 cm³/mol. The standard InChI is InChI=1S/C22H26N/c1-15-7-8-16(2)20(13-15)21-19-10-9-18(22(3,4)5)14-17(19)11-12-23(21)6/h7-14H,1-6H3/q+1. The van der Waals surface area contributed by atoms with E-state index in [2.05, 4.69) is 94.9 Å². The Morgan fingerprint density at radius 1 is 0.870 bits per heavy atom. The molecule has 0 atom stereocenters. The number of benzene rings is 2. The van der Waals surface area contributed by atoms with Gasteiger partial charge < -0.3 is 0 Å². The van der Waals surface area contributed by atoms with Crippen molar-refractivity contribution in [2.24, 2.45) is 7.05 Å². The van der Waals surface area contributed by atoms with E-state index in [9.17, 15) is 0 Å². The molecule has 23 heavy (non-hydrogen) atoms. The molecule has 0 amide bonds. The van der Waals surface area contributed by atoms with Crippen LogP contribution in [0.4, 0.5) is 0 Å². The summed E-state index contributed by atoms with van der Waals surface area (Å²) in [5.41, 5.74) is 6.79. The Balaban J connectivity index is 2.32. The number of aryl methyl sites for hydroxylation is 3. The first-order chi connectivity index (χ1) is 10.8. The minimum Gasteiger partial charge on any atom is -0.200 e. The molecule has 0 radical (unpaired) electrons. The predicted octanol–water partition coefficient (Wildman–Crippen LogP) is 5.25. The molecule has 1 heterocycles. The molecule has 1 heteroatoms. The number of aromatic nitrogens is 1. The van der Waals surface area contributed by atoms with Crippen LogP contribution < -0.4 is 4.57 Å². The van der Waals surface area contributed by atoms with Crippen LogP contribution in [0, 0.1) is 13.8 Å². The fourth-order valence-electron chi connectivity index (χ4n) is 3.17. The summed E-state index contributed by atoms with van der Waals surface area (Å²) in [6.45, 7) is 11.1. The largest absolute Gasteiger partial charge is 0.220 e. The molecule has 0 aliphatic rings. The molecule has 118 valence electrons. The van der Waals surface area contributed by atoms with Gasteiger partial charge >= 0.3 is 0 Å². The van der Waals surface area contributed by atoms with E-state index in [1.165, 1.54) is 38.7 Å². The third kappa shape index (κ3) is 2.88. The SMILES string of the molecule is Cc1ccc(C)c(-c2c3ccc(C(C)(C)C)cc3cc[n+]2C)c1. The number of nitrogens with zero attached hydrogens (tertiary/aromatic N) is 1. The molecular weight excluding hydrogens is 278 g/mol. The van der Waals surface area contributed by atoms with Gasteiger partial charge in [-0.2, -0.15) is 0 Å². The molecule has 0 bridgehead atoms. The first-order valence-electron chi connectivity index (χ1n) is 8.28. The molecule has 0 aliphatic carbocycles. The lowest BCUT2D eigenvalue weighted by Gasteiger charge is -2.19. The van der Waals surface area contributed by atoms with Crippen molar-refractivity contribution in [1.29, 1.82) is 0 Å². The van der Waals surface area contributed by atoms with Gasteiger partial charge in [0.2, 0.25) is 5.69 Å². The molecule has 0 saturated heterocycles. The topological polar surface area (TPSA) is 3.88 Å².